The Morgan fingerprint density at radius 2 is 1.05 bits per heavy atom. The molecule has 0 N–H and O–H groups in total. The second-order valence-corrected chi connectivity index (χ2v) is 16.7. The maximum Gasteiger partial charge on any atom is 0.269 e. The lowest BCUT2D eigenvalue weighted by Crippen LogP contribution is -2.30. The maximum absolute atomic E-state index is 6.83. The Bertz CT molecular complexity index is 4000. The van der Waals surface area contributed by atoms with Gasteiger partial charge in [0, 0.05) is 33.3 Å². The summed E-state index contributed by atoms with van der Waals surface area (Å²) in [5.41, 5.74) is 15.0. The molecule has 0 spiro atoms. The number of para-hydroxylation sites is 9. The molecule has 0 radical (unpaired) electrons. The zero-order valence-electron chi connectivity index (χ0n) is 35.7. The third-order valence-corrected chi connectivity index (χ3v) is 12.9. The van der Waals surface area contributed by atoms with Crippen molar-refractivity contribution in [2.24, 2.45) is 0 Å². The SMILES string of the molecule is Cc1cccc(C)c1-n1c(-n2c3ccccc3c3ccc(Oc4cccc(-n5[c-][n+](-c6cccc7c8ccccc8n(-c8ccccc8)c67)c6ccccc65)c4)cc32)nc2ccccc21. The lowest BCUT2D eigenvalue weighted by Gasteiger charge is -2.17. The van der Waals surface area contributed by atoms with E-state index in [0.29, 0.717) is 0 Å². The summed E-state index contributed by atoms with van der Waals surface area (Å²) in [6.45, 7) is 4.35. The van der Waals surface area contributed by atoms with Crippen LogP contribution in [0.2, 0.25) is 0 Å². The number of aryl methyl sites for hydroxylation is 2. The Labute approximate surface area is 374 Å². The van der Waals surface area contributed by atoms with E-state index >= 15 is 0 Å². The summed E-state index contributed by atoms with van der Waals surface area (Å²) in [5, 5.41) is 4.68. The van der Waals surface area contributed by atoms with Gasteiger partial charge in [0.2, 0.25) is 5.95 Å². The van der Waals surface area contributed by atoms with Crippen LogP contribution < -0.4 is 9.30 Å². The number of hydrogen-bond donors (Lipinski definition) is 0. The molecule has 13 aromatic rings. The van der Waals surface area contributed by atoms with Crippen LogP contribution in [0.4, 0.5) is 0 Å². The fourth-order valence-electron chi connectivity index (χ4n) is 10.1. The van der Waals surface area contributed by atoms with Crippen LogP contribution in [-0.4, -0.2) is 23.3 Å². The van der Waals surface area contributed by atoms with Gasteiger partial charge in [0.25, 0.3) is 6.33 Å². The normalized spacial score (nSPS) is 11.8. The average Bonchev–Trinajstić information content (AvgIpc) is 4.10. The number of rotatable bonds is 7. The quantitative estimate of drug-likeness (QED) is 0.119. The van der Waals surface area contributed by atoms with Crippen molar-refractivity contribution in [2.45, 2.75) is 13.8 Å². The van der Waals surface area contributed by atoms with Gasteiger partial charge in [0.05, 0.1) is 61.2 Å². The van der Waals surface area contributed by atoms with Crippen LogP contribution in [-0.2, 0) is 0 Å². The van der Waals surface area contributed by atoms with E-state index in [-0.39, 0.29) is 0 Å². The van der Waals surface area contributed by atoms with E-state index < -0.39 is 0 Å². The molecule has 7 nitrogen and oxygen atoms in total. The smallest absolute Gasteiger partial charge is 0.269 e. The summed E-state index contributed by atoms with van der Waals surface area (Å²) in [5.74, 6) is 2.28. The summed E-state index contributed by atoms with van der Waals surface area (Å²) in [4.78, 5) is 5.34. The third kappa shape index (κ3) is 5.69. The molecule has 0 atom stereocenters. The van der Waals surface area contributed by atoms with Crippen LogP contribution in [0.25, 0.3) is 94.4 Å². The first-order valence-corrected chi connectivity index (χ1v) is 22.0. The van der Waals surface area contributed by atoms with Crippen LogP contribution in [0.15, 0.2) is 206 Å². The lowest BCUT2D eigenvalue weighted by molar-refractivity contribution is -0.571. The van der Waals surface area contributed by atoms with Crippen molar-refractivity contribution in [1.82, 2.24) is 23.3 Å². The summed E-state index contributed by atoms with van der Waals surface area (Å²) in [6.07, 6.45) is 3.78. The number of aromatic nitrogens is 6. The minimum atomic E-state index is 0.719. The highest BCUT2D eigenvalue weighted by Crippen LogP contribution is 2.39. The first-order chi connectivity index (χ1) is 32.1. The van der Waals surface area contributed by atoms with Gasteiger partial charge in [-0.25, -0.2) is 4.98 Å². The van der Waals surface area contributed by atoms with Crippen LogP contribution in [0.3, 0.4) is 0 Å². The highest BCUT2D eigenvalue weighted by molar-refractivity contribution is 6.12. The standard InChI is InChI=1S/C58H40N6O/c1-38-17-14-18-39(2)56(38)64-51-29-11-8-26-48(51)59-58(64)63-50-28-10-6-23-44(50)46-34-33-43(36-55(46)63)65-42-22-15-21-41(35-42)60-37-61(53-31-13-12-30-52(53)60)54-32-16-25-47-45-24-7-9-27-49(45)62(57(47)54)40-19-4-3-5-20-40/h3-36H,1-2H3. The minimum Gasteiger partial charge on any atom is -0.458 e. The van der Waals surface area contributed by atoms with Gasteiger partial charge >= 0.3 is 0 Å². The number of ether oxygens (including phenoxy) is 1. The first kappa shape index (κ1) is 36.9. The molecule has 0 fully saturated rings. The van der Waals surface area contributed by atoms with Gasteiger partial charge in [0.1, 0.15) is 11.5 Å². The van der Waals surface area contributed by atoms with E-state index in [4.69, 9.17) is 9.72 Å². The molecule has 308 valence electrons. The molecule has 7 heteroatoms. The monoisotopic (exact) mass is 836 g/mol. The maximum atomic E-state index is 6.83. The van der Waals surface area contributed by atoms with Crippen molar-refractivity contribution >= 4 is 65.7 Å². The summed E-state index contributed by atoms with van der Waals surface area (Å²) in [6, 6.07) is 72.4. The number of benzene rings is 9. The fraction of sp³-hybridized carbons (Fsp3) is 0.0345. The van der Waals surface area contributed by atoms with Crippen LogP contribution >= 0.6 is 0 Å². The van der Waals surface area contributed by atoms with Gasteiger partial charge in [-0.1, -0.05) is 127 Å². The predicted octanol–water partition coefficient (Wildman–Crippen LogP) is 13.6. The molecule has 0 bridgehead atoms. The van der Waals surface area contributed by atoms with E-state index in [2.05, 4.69) is 237 Å². The molecule has 0 amide bonds. The van der Waals surface area contributed by atoms with E-state index in [0.717, 1.165) is 95.1 Å². The Balaban J connectivity index is 0.946. The van der Waals surface area contributed by atoms with Crippen molar-refractivity contribution in [3.8, 4) is 40.2 Å². The van der Waals surface area contributed by atoms with Gasteiger partial charge in [-0.05, 0) is 97.8 Å². The van der Waals surface area contributed by atoms with Crippen molar-refractivity contribution in [2.75, 3.05) is 0 Å². The molecule has 0 saturated carbocycles. The van der Waals surface area contributed by atoms with Crippen LogP contribution in [0.5, 0.6) is 11.5 Å². The molecule has 4 aromatic heterocycles. The van der Waals surface area contributed by atoms with Crippen LogP contribution in [0.1, 0.15) is 11.1 Å². The van der Waals surface area contributed by atoms with E-state index in [1.165, 1.54) is 21.9 Å². The van der Waals surface area contributed by atoms with Crippen molar-refractivity contribution in [3.63, 3.8) is 0 Å². The molecular formula is C58H40N6O. The van der Waals surface area contributed by atoms with E-state index in [1.807, 2.05) is 12.1 Å². The van der Waals surface area contributed by atoms with Crippen molar-refractivity contribution in [1.29, 1.82) is 0 Å². The van der Waals surface area contributed by atoms with Crippen LogP contribution in [0, 0.1) is 20.2 Å². The van der Waals surface area contributed by atoms with Gasteiger partial charge in [-0.2, -0.15) is 0 Å². The van der Waals surface area contributed by atoms with Gasteiger partial charge in [-0.15, -0.1) is 0 Å². The molecule has 0 saturated heterocycles. The second-order valence-electron chi connectivity index (χ2n) is 16.7. The number of fused-ring (bicyclic) bond motifs is 8. The number of hydrogen-bond acceptors (Lipinski definition) is 2. The Kier molecular flexibility index (Phi) is 8.20. The zero-order chi connectivity index (χ0) is 43.2. The highest BCUT2D eigenvalue weighted by atomic mass is 16.5. The van der Waals surface area contributed by atoms with Gasteiger partial charge < -0.3 is 9.30 Å². The number of imidazole rings is 2. The molecule has 0 aliphatic heterocycles. The molecule has 13 rings (SSSR count). The van der Waals surface area contributed by atoms with Gasteiger partial charge in [-0.3, -0.25) is 18.3 Å². The van der Waals surface area contributed by atoms with Crippen molar-refractivity contribution < 1.29 is 9.30 Å². The van der Waals surface area contributed by atoms with E-state index in [9.17, 15) is 0 Å². The molecule has 0 aliphatic rings. The largest absolute Gasteiger partial charge is 0.458 e. The highest BCUT2D eigenvalue weighted by Gasteiger charge is 2.23. The third-order valence-electron chi connectivity index (χ3n) is 12.9. The molecule has 0 aliphatic carbocycles. The summed E-state index contributed by atoms with van der Waals surface area (Å²) < 4.78 is 18.1. The first-order valence-electron chi connectivity index (χ1n) is 22.0. The molecule has 4 heterocycles. The predicted molar refractivity (Wildman–Crippen MR) is 263 cm³/mol. The van der Waals surface area contributed by atoms with E-state index in [1.54, 1.807) is 0 Å². The summed E-state index contributed by atoms with van der Waals surface area (Å²) in [7, 11) is 0. The topological polar surface area (TPSA) is 45.7 Å². The Morgan fingerprint density at radius 1 is 0.446 bits per heavy atom. The minimum absolute atomic E-state index is 0.719. The van der Waals surface area contributed by atoms with Crippen molar-refractivity contribution in [3.05, 3.63) is 224 Å². The number of nitrogens with zero attached hydrogens (tertiary/aromatic N) is 6. The Morgan fingerprint density at radius 3 is 1.86 bits per heavy atom. The second kappa shape index (κ2) is 14.4. The average molecular weight is 837 g/mol. The molecular weight excluding hydrogens is 797 g/mol. The zero-order valence-corrected chi connectivity index (χ0v) is 35.7. The summed E-state index contributed by atoms with van der Waals surface area (Å²) >= 11 is 0. The fourth-order valence-corrected chi connectivity index (χ4v) is 10.1. The lowest BCUT2D eigenvalue weighted by atomic mass is 10.1. The molecule has 65 heavy (non-hydrogen) atoms. The Hall–Kier alpha value is -8.68. The molecule has 0 unspecified atom stereocenters. The molecule has 9 aromatic carbocycles. The van der Waals surface area contributed by atoms with Gasteiger partial charge in [0.15, 0.2) is 0 Å².